The maximum atomic E-state index is 16.5. The predicted molar refractivity (Wildman–Crippen MR) is 185 cm³/mol. The number of nitrogens with zero attached hydrogens (tertiary/aromatic N) is 3. The molecular weight excluding hydrogens is 626 g/mol. The largest absolute Gasteiger partial charge is 0.394 e. The Kier molecular flexibility index (Phi) is 7.14. The molecule has 0 aromatic heterocycles. The molecule has 4 aliphatic rings. The zero-order valence-corrected chi connectivity index (χ0v) is 28.2. The van der Waals surface area contributed by atoms with Gasteiger partial charge in [0.25, 0.3) is 11.8 Å². The first-order chi connectivity index (χ1) is 23.1. The van der Waals surface area contributed by atoms with Gasteiger partial charge in [-0.25, -0.2) is 0 Å². The molecule has 0 saturated carbocycles. The average molecular weight is 664 g/mol. The van der Waals surface area contributed by atoms with Gasteiger partial charge in [-0.2, -0.15) is 0 Å². The van der Waals surface area contributed by atoms with Crippen LogP contribution in [0.15, 0.2) is 84.9 Å². The van der Waals surface area contributed by atoms with Gasteiger partial charge in [0.15, 0.2) is 5.60 Å². The van der Waals surface area contributed by atoms with Crippen molar-refractivity contribution in [2.45, 2.75) is 62.6 Å². The lowest BCUT2D eigenvalue weighted by molar-refractivity contribution is -0.149. The summed E-state index contributed by atoms with van der Waals surface area (Å²) in [5.74, 6) is -1.31. The van der Waals surface area contributed by atoms with E-state index in [2.05, 4.69) is 0 Å². The van der Waals surface area contributed by atoms with Gasteiger partial charge in [-0.3, -0.25) is 24.2 Å². The molecule has 4 aromatic rings. The maximum absolute atomic E-state index is 16.5. The third kappa shape index (κ3) is 4.35. The second-order valence-corrected chi connectivity index (χ2v) is 17.8. The van der Waals surface area contributed by atoms with Gasteiger partial charge in [0.2, 0.25) is 14.3 Å². The number of carbonyl (C=O) groups excluding carboxylic acids is 3. The summed E-state index contributed by atoms with van der Waals surface area (Å²) in [5.41, 5.74) is 1.51. The Morgan fingerprint density at radius 2 is 1.71 bits per heavy atom. The number of likely N-dealkylation sites (tertiary alicyclic amines) is 1. The number of benzene rings is 4. The lowest BCUT2D eigenvalue weighted by Gasteiger charge is -2.31. The first-order valence-electron chi connectivity index (χ1n) is 16.7. The summed E-state index contributed by atoms with van der Waals surface area (Å²) < 4.78 is 23.4. The van der Waals surface area contributed by atoms with Crippen LogP contribution in [0.4, 0.5) is 26.9 Å². The van der Waals surface area contributed by atoms with Crippen LogP contribution in [-0.2, 0) is 19.9 Å². The quantitative estimate of drug-likeness (QED) is 0.178. The fourth-order valence-corrected chi connectivity index (χ4v) is 11.4. The summed E-state index contributed by atoms with van der Waals surface area (Å²) in [6, 6.07) is 26.1. The summed E-state index contributed by atoms with van der Waals surface area (Å²) in [6.07, 6.45) is 0.586. The van der Waals surface area contributed by atoms with E-state index < -0.39 is 31.6 Å². The molecule has 1 N–H and O–H groups in total. The van der Waals surface area contributed by atoms with Crippen LogP contribution in [0.25, 0.3) is 10.8 Å². The highest BCUT2D eigenvalue weighted by molar-refractivity contribution is 6.72. The predicted octanol–water partition coefficient (Wildman–Crippen LogP) is 6.96. The zero-order chi connectivity index (χ0) is 33.5. The molecule has 8 nitrogen and oxygen atoms in total. The third-order valence-electron chi connectivity index (χ3n) is 11.0. The van der Waals surface area contributed by atoms with Crippen LogP contribution in [0.3, 0.4) is 0 Å². The molecule has 4 aromatic carbocycles. The number of hydrogen-bond acceptors (Lipinski definition) is 5. The Bertz CT molecular complexity index is 1980. The van der Waals surface area contributed by atoms with Gasteiger partial charge in [-0.05, 0) is 73.8 Å². The molecule has 0 bridgehead atoms. The molecule has 3 amide bonds. The van der Waals surface area contributed by atoms with Gasteiger partial charge in [0.1, 0.15) is 0 Å². The van der Waals surface area contributed by atoms with Crippen LogP contribution in [-0.4, -0.2) is 61.4 Å². The van der Waals surface area contributed by atoms with Crippen molar-refractivity contribution in [2.24, 2.45) is 5.92 Å². The maximum Gasteiger partial charge on any atom is 0.268 e. The van der Waals surface area contributed by atoms with E-state index in [0.29, 0.717) is 41.2 Å². The minimum atomic E-state index is -3.53. The van der Waals surface area contributed by atoms with Crippen molar-refractivity contribution < 1.29 is 28.3 Å². The SMILES string of the molecule is C[C@H]1[C@H]([Si](C)(C)F)[C@@H](CC(=O)N2CCC[C@H]2CO)O[C@]12C(=O)N(c1ccccc1)c1ccc(N3C(=O)c4cccc5cccc3c45)cc12. The Balaban J connectivity index is 1.27. The van der Waals surface area contributed by atoms with Crippen molar-refractivity contribution in [1.82, 2.24) is 4.90 Å². The van der Waals surface area contributed by atoms with E-state index in [-0.39, 0.29) is 36.8 Å². The highest BCUT2D eigenvalue weighted by Gasteiger charge is 2.67. The Hall–Kier alpha value is -4.38. The number of amides is 3. The van der Waals surface area contributed by atoms with Gasteiger partial charge < -0.3 is 18.9 Å². The van der Waals surface area contributed by atoms with Crippen LogP contribution < -0.4 is 9.80 Å². The number of rotatable bonds is 6. The van der Waals surface area contributed by atoms with E-state index in [4.69, 9.17) is 4.74 Å². The summed E-state index contributed by atoms with van der Waals surface area (Å²) in [6.45, 7) is 5.51. The van der Waals surface area contributed by atoms with E-state index >= 15 is 4.11 Å². The minimum absolute atomic E-state index is 0.0802. The highest BCUT2D eigenvalue weighted by atomic mass is 28.4. The molecule has 4 aliphatic heterocycles. The number of aliphatic hydroxyl groups is 1. The summed E-state index contributed by atoms with van der Waals surface area (Å²) in [7, 11) is -3.53. The number of carbonyl (C=O) groups is 3. The topological polar surface area (TPSA) is 90.4 Å². The van der Waals surface area contributed by atoms with Crippen LogP contribution in [0.5, 0.6) is 0 Å². The fourth-order valence-electron chi connectivity index (χ4n) is 8.95. The van der Waals surface area contributed by atoms with E-state index in [1.54, 1.807) is 27.8 Å². The molecule has 2 fully saturated rings. The second kappa shape index (κ2) is 11.1. The van der Waals surface area contributed by atoms with Crippen LogP contribution in [0.1, 0.15) is 42.1 Å². The van der Waals surface area contributed by atoms with Crippen LogP contribution in [0.2, 0.25) is 18.6 Å². The summed E-state index contributed by atoms with van der Waals surface area (Å²) in [4.78, 5) is 47.6. The molecule has 8 rings (SSSR count). The molecule has 48 heavy (non-hydrogen) atoms. The number of para-hydroxylation sites is 1. The molecule has 1 spiro atoms. The fraction of sp³-hybridized carbons (Fsp3) is 0.342. The molecule has 0 aliphatic carbocycles. The Morgan fingerprint density at radius 1 is 0.958 bits per heavy atom. The first kappa shape index (κ1) is 30.9. The van der Waals surface area contributed by atoms with Crippen molar-refractivity contribution in [1.29, 1.82) is 0 Å². The van der Waals surface area contributed by atoms with Gasteiger partial charge in [0.05, 0.1) is 42.1 Å². The number of hydrogen-bond donors (Lipinski definition) is 1. The zero-order valence-electron chi connectivity index (χ0n) is 27.2. The summed E-state index contributed by atoms with van der Waals surface area (Å²) in [5, 5.41) is 11.7. The van der Waals surface area contributed by atoms with E-state index in [0.717, 1.165) is 22.9 Å². The number of aliphatic hydroxyl groups excluding tert-OH is 1. The molecule has 0 radical (unpaired) electrons. The number of ether oxygens (including phenoxy) is 1. The molecule has 0 unspecified atom stereocenters. The van der Waals surface area contributed by atoms with E-state index in [1.165, 1.54) is 0 Å². The molecule has 2 saturated heterocycles. The van der Waals surface area contributed by atoms with E-state index in [9.17, 15) is 19.5 Å². The molecular formula is C38H38FN3O5Si. The Labute approximate surface area is 279 Å². The van der Waals surface area contributed by atoms with Gasteiger partial charge >= 0.3 is 0 Å². The number of anilines is 4. The molecule has 246 valence electrons. The van der Waals surface area contributed by atoms with Gasteiger partial charge in [-0.1, -0.05) is 49.4 Å². The van der Waals surface area contributed by atoms with E-state index in [1.807, 2.05) is 91.9 Å². The smallest absolute Gasteiger partial charge is 0.268 e. The normalized spacial score (nSPS) is 26.4. The van der Waals surface area contributed by atoms with Crippen molar-refractivity contribution in [3.63, 3.8) is 0 Å². The van der Waals surface area contributed by atoms with Crippen LogP contribution >= 0.6 is 0 Å². The number of fused-ring (bicyclic) bond motifs is 2. The number of halogens is 1. The van der Waals surface area contributed by atoms with Gasteiger partial charge in [-0.15, -0.1) is 0 Å². The molecule has 4 heterocycles. The lowest BCUT2D eigenvalue weighted by atomic mass is 9.82. The lowest BCUT2D eigenvalue weighted by Crippen LogP contribution is -2.44. The average Bonchev–Trinajstić information content (AvgIpc) is 3.80. The van der Waals surface area contributed by atoms with Crippen LogP contribution in [0, 0.1) is 5.92 Å². The highest BCUT2D eigenvalue weighted by Crippen LogP contribution is 2.62. The minimum Gasteiger partial charge on any atom is -0.394 e. The standard InChI is InChI=1S/C38H38FN3O5Si/c1-23-35(48(2,3)39)32(21-33(44)40-19-9-14-27(40)22-43)47-38(23)29-20-26(17-18-30(29)42(37(38)46)25-12-5-4-6-13-25)41-31-16-8-11-24-10-7-15-28(34(24)31)36(41)45/h4-8,10-13,15-18,20,23,27,32,35,43H,9,14,19,21-22H2,1-3H3/t23-,27-,32+,35-,38+/m0/s1. The van der Waals surface area contributed by atoms with Crippen molar-refractivity contribution >= 4 is 59.7 Å². The van der Waals surface area contributed by atoms with Crippen molar-refractivity contribution in [2.75, 3.05) is 23.0 Å². The second-order valence-electron chi connectivity index (χ2n) is 14.0. The van der Waals surface area contributed by atoms with Gasteiger partial charge in [0, 0.05) is 40.3 Å². The molecule has 10 heteroatoms. The molecule has 5 atom stereocenters. The van der Waals surface area contributed by atoms with Crippen molar-refractivity contribution in [3.8, 4) is 0 Å². The monoisotopic (exact) mass is 663 g/mol. The third-order valence-corrected chi connectivity index (χ3v) is 13.4. The van der Waals surface area contributed by atoms with Crippen molar-refractivity contribution in [3.05, 3.63) is 96.1 Å². The first-order valence-corrected chi connectivity index (χ1v) is 19.7. The summed E-state index contributed by atoms with van der Waals surface area (Å²) >= 11 is 0. The Morgan fingerprint density at radius 3 is 2.44 bits per heavy atom.